The zero-order valence-electron chi connectivity index (χ0n) is 13.7. The molecule has 0 spiro atoms. The van der Waals surface area contributed by atoms with E-state index in [1.54, 1.807) is 0 Å². The van der Waals surface area contributed by atoms with Crippen LogP contribution in [0.25, 0.3) is 0 Å². The van der Waals surface area contributed by atoms with Crippen molar-refractivity contribution in [3.8, 4) is 11.5 Å². The van der Waals surface area contributed by atoms with Crippen molar-refractivity contribution in [2.75, 3.05) is 52.7 Å². The molecule has 0 saturated carbocycles. The van der Waals surface area contributed by atoms with E-state index in [1.165, 1.54) is 18.2 Å². The second-order valence-electron chi connectivity index (χ2n) is 5.64. The summed E-state index contributed by atoms with van der Waals surface area (Å²) < 4.78 is 42.3. The van der Waals surface area contributed by atoms with Crippen LogP contribution in [0.2, 0.25) is 0 Å². The fraction of sp³-hybridized carbons (Fsp3) is 0.533. The van der Waals surface area contributed by atoms with E-state index in [2.05, 4.69) is 14.9 Å². The van der Waals surface area contributed by atoms with Gasteiger partial charge in [0.25, 0.3) is 0 Å². The van der Waals surface area contributed by atoms with Crippen LogP contribution in [0, 0.1) is 0 Å². The molecule has 1 aromatic rings. The van der Waals surface area contributed by atoms with Crippen LogP contribution in [0.4, 0.5) is 0 Å². The van der Waals surface area contributed by atoms with Crippen molar-refractivity contribution in [3.05, 3.63) is 18.2 Å². The Balaban J connectivity index is 1.44. The van der Waals surface area contributed by atoms with Gasteiger partial charge in [0.05, 0.1) is 24.7 Å². The molecule has 9 nitrogen and oxygen atoms in total. The van der Waals surface area contributed by atoms with Gasteiger partial charge in [0.15, 0.2) is 11.5 Å². The van der Waals surface area contributed by atoms with E-state index in [1.807, 2.05) is 0 Å². The smallest absolute Gasteiger partial charge is 0.241 e. The molecule has 3 rings (SSSR count). The van der Waals surface area contributed by atoms with Crippen LogP contribution < -0.4 is 19.5 Å². The van der Waals surface area contributed by atoms with Gasteiger partial charge in [-0.1, -0.05) is 0 Å². The lowest BCUT2D eigenvalue weighted by atomic mass is 10.3. The Morgan fingerprint density at radius 3 is 2.72 bits per heavy atom. The highest BCUT2D eigenvalue weighted by atomic mass is 32.2. The molecule has 0 unspecified atom stereocenters. The van der Waals surface area contributed by atoms with E-state index in [0.717, 1.165) is 13.1 Å². The highest BCUT2D eigenvalue weighted by molar-refractivity contribution is 7.89. The largest absolute Gasteiger partial charge is 0.454 e. The number of fused-ring (bicyclic) bond motifs is 1. The molecule has 0 aliphatic carbocycles. The fourth-order valence-electron chi connectivity index (χ4n) is 2.53. The number of nitrogens with zero attached hydrogens (tertiary/aromatic N) is 1. The van der Waals surface area contributed by atoms with Crippen LogP contribution in [0.15, 0.2) is 23.1 Å². The number of hydrogen-bond donors (Lipinski definition) is 2. The maximum Gasteiger partial charge on any atom is 0.241 e. The Labute approximate surface area is 146 Å². The van der Waals surface area contributed by atoms with Crippen molar-refractivity contribution in [3.63, 3.8) is 0 Å². The number of hydrogen-bond acceptors (Lipinski definition) is 7. The minimum Gasteiger partial charge on any atom is -0.454 e. The highest BCUT2D eigenvalue weighted by Crippen LogP contribution is 2.33. The average molecular weight is 371 g/mol. The number of nitrogens with one attached hydrogen (secondary N) is 2. The molecule has 1 saturated heterocycles. The molecule has 1 amide bonds. The maximum absolute atomic E-state index is 12.2. The van der Waals surface area contributed by atoms with Crippen molar-refractivity contribution in [1.29, 1.82) is 0 Å². The Kier molecular flexibility index (Phi) is 5.74. The summed E-state index contributed by atoms with van der Waals surface area (Å²) in [5.74, 6) is 0.496. The number of carbonyl (C=O) groups excluding carboxylic acids is 1. The van der Waals surface area contributed by atoms with Crippen molar-refractivity contribution >= 4 is 15.9 Å². The normalized spacial score (nSPS) is 17.4. The molecule has 2 heterocycles. The van der Waals surface area contributed by atoms with Crippen LogP contribution in [-0.4, -0.2) is 72.0 Å². The summed E-state index contributed by atoms with van der Waals surface area (Å²) in [6.45, 7) is 4.00. The summed E-state index contributed by atoms with van der Waals surface area (Å²) in [6.07, 6.45) is 0. The second kappa shape index (κ2) is 8.00. The molecule has 2 aliphatic rings. The van der Waals surface area contributed by atoms with Crippen molar-refractivity contribution in [1.82, 2.24) is 14.9 Å². The van der Waals surface area contributed by atoms with Crippen LogP contribution >= 0.6 is 0 Å². The number of ether oxygens (including phenoxy) is 3. The molecular weight excluding hydrogens is 350 g/mol. The summed E-state index contributed by atoms with van der Waals surface area (Å²) in [5.41, 5.74) is 0. The number of benzene rings is 1. The van der Waals surface area contributed by atoms with Gasteiger partial charge in [0.2, 0.25) is 22.7 Å². The Hall–Kier alpha value is -1.88. The Morgan fingerprint density at radius 1 is 1.16 bits per heavy atom. The van der Waals surface area contributed by atoms with Crippen LogP contribution in [0.5, 0.6) is 11.5 Å². The standard InChI is InChI=1S/C15H21N3O6S/c19-15(16-3-4-18-5-7-22-8-6-18)10-17-25(20,21)12-1-2-13-14(9-12)24-11-23-13/h1-2,9,17H,3-8,10-11H2,(H,16,19). The van der Waals surface area contributed by atoms with Gasteiger partial charge in [0, 0.05) is 32.2 Å². The lowest BCUT2D eigenvalue weighted by molar-refractivity contribution is -0.120. The van der Waals surface area contributed by atoms with Gasteiger partial charge in [-0.05, 0) is 12.1 Å². The molecule has 2 N–H and O–H groups in total. The van der Waals surface area contributed by atoms with E-state index in [4.69, 9.17) is 14.2 Å². The van der Waals surface area contributed by atoms with E-state index < -0.39 is 10.0 Å². The number of carbonyl (C=O) groups is 1. The van der Waals surface area contributed by atoms with E-state index in [0.29, 0.717) is 37.8 Å². The number of sulfonamides is 1. The van der Waals surface area contributed by atoms with E-state index >= 15 is 0 Å². The summed E-state index contributed by atoms with van der Waals surface area (Å²) in [4.78, 5) is 14.0. The van der Waals surface area contributed by atoms with E-state index in [9.17, 15) is 13.2 Å². The lowest BCUT2D eigenvalue weighted by Gasteiger charge is -2.26. The van der Waals surface area contributed by atoms with Gasteiger partial charge in [-0.3, -0.25) is 9.69 Å². The molecule has 0 bridgehead atoms. The van der Waals surface area contributed by atoms with Gasteiger partial charge in [0.1, 0.15) is 0 Å². The van der Waals surface area contributed by atoms with Crippen LogP contribution in [0.1, 0.15) is 0 Å². The molecule has 138 valence electrons. The zero-order chi connectivity index (χ0) is 17.7. The minimum atomic E-state index is -3.80. The van der Waals surface area contributed by atoms with Gasteiger partial charge in [-0.25, -0.2) is 13.1 Å². The van der Waals surface area contributed by atoms with Crippen molar-refractivity contribution in [2.24, 2.45) is 0 Å². The lowest BCUT2D eigenvalue weighted by Crippen LogP contribution is -2.43. The van der Waals surface area contributed by atoms with Gasteiger partial charge < -0.3 is 19.5 Å². The van der Waals surface area contributed by atoms with E-state index in [-0.39, 0.29) is 24.1 Å². The predicted molar refractivity (Wildman–Crippen MR) is 88.0 cm³/mol. The summed E-state index contributed by atoms with van der Waals surface area (Å²) in [6, 6.07) is 4.31. The Bertz CT molecular complexity index is 718. The first-order valence-corrected chi connectivity index (χ1v) is 9.49. The third-order valence-corrected chi connectivity index (χ3v) is 5.33. The first-order valence-electron chi connectivity index (χ1n) is 8.01. The van der Waals surface area contributed by atoms with Gasteiger partial charge in [-0.15, -0.1) is 0 Å². The molecule has 1 fully saturated rings. The summed E-state index contributed by atoms with van der Waals surface area (Å²) >= 11 is 0. The van der Waals surface area contributed by atoms with Gasteiger partial charge >= 0.3 is 0 Å². The molecule has 10 heteroatoms. The summed E-state index contributed by atoms with van der Waals surface area (Å²) in [5, 5.41) is 2.70. The third-order valence-electron chi connectivity index (χ3n) is 3.93. The molecule has 25 heavy (non-hydrogen) atoms. The second-order valence-corrected chi connectivity index (χ2v) is 7.41. The van der Waals surface area contributed by atoms with Crippen LogP contribution in [-0.2, 0) is 19.6 Å². The SMILES string of the molecule is O=C(CNS(=O)(=O)c1ccc2c(c1)OCO2)NCCN1CCOCC1. The first kappa shape index (κ1) is 17.9. The number of amides is 1. The molecule has 2 aliphatic heterocycles. The minimum absolute atomic E-state index is 0.0258. The predicted octanol–water partition coefficient (Wildman–Crippen LogP) is -0.858. The van der Waals surface area contributed by atoms with Crippen molar-refractivity contribution in [2.45, 2.75) is 4.90 Å². The number of morpholine rings is 1. The monoisotopic (exact) mass is 371 g/mol. The third kappa shape index (κ3) is 4.82. The van der Waals surface area contributed by atoms with Crippen molar-refractivity contribution < 1.29 is 27.4 Å². The maximum atomic E-state index is 12.2. The zero-order valence-corrected chi connectivity index (χ0v) is 14.5. The summed E-state index contributed by atoms with van der Waals surface area (Å²) in [7, 11) is -3.80. The highest BCUT2D eigenvalue weighted by Gasteiger charge is 2.21. The molecule has 1 aromatic carbocycles. The quantitative estimate of drug-likeness (QED) is 0.642. The molecular formula is C15H21N3O6S. The topological polar surface area (TPSA) is 106 Å². The average Bonchev–Trinajstić information content (AvgIpc) is 3.09. The first-order chi connectivity index (χ1) is 12.0. The fourth-order valence-corrected chi connectivity index (χ4v) is 3.53. The molecule has 0 aromatic heterocycles. The molecule has 0 radical (unpaired) electrons. The number of rotatable bonds is 7. The van der Waals surface area contributed by atoms with Crippen LogP contribution in [0.3, 0.4) is 0 Å². The Morgan fingerprint density at radius 2 is 1.92 bits per heavy atom. The van der Waals surface area contributed by atoms with Gasteiger partial charge in [-0.2, -0.15) is 0 Å². The molecule has 0 atom stereocenters.